The summed E-state index contributed by atoms with van der Waals surface area (Å²) in [4.78, 5) is 21.4. The molecule has 1 N–H and O–H groups in total. The summed E-state index contributed by atoms with van der Waals surface area (Å²) in [6.45, 7) is 1.47. The molecule has 3 nitrogen and oxygen atoms in total. The molecule has 74 valence electrons. The normalized spacial score (nSPS) is 34.2. The fourth-order valence-corrected chi connectivity index (χ4v) is 1.70. The van der Waals surface area contributed by atoms with Gasteiger partial charge in [-0.3, -0.25) is 4.79 Å². The minimum atomic E-state index is -2.09. The summed E-state index contributed by atoms with van der Waals surface area (Å²) in [7, 11) is 0. The molecule has 0 aromatic carbocycles. The number of alkyl halides is 1. The van der Waals surface area contributed by atoms with Crippen LogP contribution in [0.15, 0.2) is 0 Å². The average Bonchev–Trinajstić information content (AvgIpc) is 2.04. The fourth-order valence-electron chi connectivity index (χ4n) is 1.70. The topological polar surface area (TPSA) is 54.4 Å². The van der Waals surface area contributed by atoms with Crippen molar-refractivity contribution in [3.63, 3.8) is 0 Å². The molecule has 0 heterocycles. The molecule has 1 rings (SSSR count). The van der Waals surface area contributed by atoms with Gasteiger partial charge in [-0.2, -0.15) is 0 Å². The summed E-state index contributed by atoms with van der Waals surface area (Å²) in [5, 5.41) is 8.56. The van der Waals surface area contributed by atoms with Gasteiger partial charge >= 0.3 is 5.97 Å². The van der Waals surface area contributed by atoms with Gasteiger partial charge in [-0.25, -0.2) is 9.18 Å². The molecular weight excluding hydrogens is 175 g/mol. The Morgan fingerprint density at radius 3 is 2.15 bits per heavy atom. The summed E-state index contributed by atoms with van der Waals surface area (Å²) in [5.41, 5.74) is -2.09. The second kappa shape index (κ2) is 3.44. The third-order valence-electron chi connectivity index (χ3n) is 2.74. The smallest absolute Gasteiger partial charge is 0.341 e. The Hall–Kier alpha value is -0.930. The van der Waals surface area contributed by atoms with Crippen molar-refractivity contribution in [1.29, 1.82) is 0 Å². The monoisotopic (exact) mass is 188 g/mol. The van der Waals surface area contributed by atoms with Crippen LogP contribution in [0.3, 0.4) is 0 Å². The number of rotatable bonds is 2. The number of ketones is 1. The lowest BCUT2D eigenvalue weighted by Gasteiger charge is -2.29. The van der Waals surface area contributed by atoms with Crippen molar-refractivity contribution in [2.24, 2.45) is 5.92 Å². The minimum Gasteiger partial charge on any atom is -0.479 e. The van der Waals surface area contributed by atoms with Gasteiger partial charge in [0.25, 0.3) is 0 Å². The second-order valence-corrected chi connectivity index (χ2v) is 3.66. The first-order valence-corrected chi connectivity index (χ1v) is 4.38. The van der Waals surface area contributed by atoms with Crippen molar-refractivity contribution in [3.8, 4) is 0 Å². The maximum Gasteiger partial charge on any atom is 0.341 e. The molecule has 0 radical (unpaired) electrons. The molecule has 0 saturated heterocycles. The van der Waals surface area contributed by atoms with Crippen molar-refractivity contribution < 1.29 is 19.1 Å². The molecule has 1 saturated carbocycles. The number of halogens is 1. The number of hydrogen-bond acceptors (Lipinski definition) is 2. The molecule has 0 unspecified atom stereocenters. The lowest BCUT2D eigenvalue weighted by Crippen LogP contribution is -2.38. The van der Waals surface area contributed by atoms with E-state index >= 15 is 0 Å². The van der Waals surface area contributed by atoms with E-state index in [1.807, 2.05) is 0 Å². The Balaban J connectivity index is 2.56. The van der Waals surface area contributed by atoms with Gasteiger partial charge in [-0.1, -0.05) is 0 Å². The molecule has 1 aliphatic carbocycles. The number of carbonyl (C=O) groups excluding carboxylic acids is 1. The van der Waals surface area contributed by atoms with E-state index in [-0.39, 0.29) is 24.5 Å². The number of aliphatic carboxylic acids is 1. The predicted octanol–water partition coefficient (Wildman–Crippen LogP) is 1.56. The van der Waals surface area contributed by atoms with Gasteiger partial charge in [0.15, 0.2) is 0 Å². The summed E-state index contributed by atoms with van der Waals surface area (Å²) in [6.07, 6.45) is 0.648. The van der Waals surface area contributed by atoms with Crippen molar-refractivity contribution in [1.82, 2.24) is 0 Å². The maximum absolute atomic E-state index is 13.4. The molecule has 0 spiro atoms. The van der Waals surface area contributed by atoms with E-state index in [4.69, 9.17) is 5.11 Å². The van der Waals surface area contributed by atoms with Crippen molar-refractivity contribution in [2.75, 3.05) is 0 Å². The van der Waals surface area contributed by atoms with Crippen molar-refractivity contribution >= 4 is 11.8 Å². The van der Waals surface area contributed by atoms with Crippen molar-refractivity contribution in [2.45, 2.75) is 38.3 Å². The summed E-state index contributed by atoms with van der Waals surface area (Å²) < 4.78 is 13.4. The van der Waals surface area contributed by atoms with Gasteiger partial charge in [0.2, 0.25) is 5.67 Å². The van der Waals surface area contributed by atoms with E-state index in [9.17, 15) is 14.0 Å². The Bertz CT molecular complexity index is 229. The Kier molecular flexibility index (Phi) is 2.68. The summed E-state index contributed by atoms with van der Waals surface area (Å²) in [5.74, 6) is -1.50. The van der Waals surface area contributed by atoms with Gasteiger partial charge in [-0.15, -0.1) is 0 Å². The van der Waals surface area contributed by atoms with Crippen LogP contribution in [-0.4, -0.2) is 22.5 Å². The van der Waals surface area contributed by atoms with Crippen LogP contribution in [0.1, 0.15) is 32.6 Å². The van der Waals surface area contributed by atoms with Gasteiger partial charge < -0.3 is 5.11 Å². The summed E-state index contributed by atoms with van der Waals surface area (Å²) >= 11 is 0. The van der Waals surface area contributed by atoms with E-state index < -0.39 is 11.6 Å². The molecule has 0 aliphatic heterocycles. The van der Waals surface area contributed by atoms with Crippen LogP contribution in [0.4, 0.5) is 4.39 Å². The first kappa shape index (κ1) is 10.2. The number of carbonyl (C=O) groups is 2. The Labute approximate surface area is 75.9 Å². The van der Waals surface area contributed by atoms with E-state index in [1.54, 1.807) is 0 Å². The largest absolute Gasteiger partial charge is 0.479 e. The quantitative estimate of drug-likeness (QED) is 0.715. The average molecular weight is 188 g/mol. The summed E-state index contributed by atoms with van der Waals surface area (Å²) in [6, 6.07) is 0. The number of Topliss-reactive ketones (excluding diaryl/α,β-unsaturated/α-hetero) is 1. The molecular formula is C9H13FO3. The lowest BCUT2D eigenvalue weighted by molar-refractivity contribution is -0.154. The van der Waals surface area contributed by atoms with Gasteiger partial charge in [0, 0.05) is 5.92 Å². The van der Waals surface area contributed by atoms with Crippen molar-refractivity contribution in [3.05, 3.63) is 0 Å². The molecule has 0 aromatic heterocycles. The third kappa shape index (κ3) is 2.05. The minimum absolute atomic E-state index is 0.0347. The van der Waals surface area contributed by atoms with Gasteiger partial charge in [-0.05, 0) is 32.6 Å². The zero-order valence-corrected chi connectivity index (χ0v) is 7.55. The van der Waals surface area contributed by atoms with Crippen LogP contribution in [0.2, 0.25) is 0 Å². The van der Waals surface area contributed by atoms with Gasteiger partial charge in [0.1, 0.15) is 5.78 Å². The number of carboxylic acid groups (broad SMARTS) is 1. The molecule has 0 atom stereocenters. The van der Waals surface area contributed by atoms with Crippen LogP contribution in [0.5, 0.6) is 0 Å². The zero-order valence-electron chi connectivity index (χ0n) is 7.55. The zero-order chi connectivity index (χ0) is 10.1. The molecule has 1 fully saturated rings. The molecule has 0 bridgehead atoms. The predicted molar refractivity (Wildman–Crippen MR) is 44.1 cm³/mol. The fraction of sp³-hybridized carbons (Fsp3) is 0.778. The first-order chi connectivity index (χ1) is 5.96. The van der Waals surface area contributed by atoms with Crippen LogP contribution >= 0.6 is 0 Å². The van der Waals surface area contributed by atoms with Crippen LogP contribution in [-0.2, 0) is 9.59 Å². The van der Waals surface area contributed by atoms with E-state index in [1.165, 1.54) is 6.92 Å². The van der Waals surface area contributed by atoms with Crippen LogP contribution < -0.4 is 0 Å². The molecule has 13 heavy (non-hydrogen) atoms. The van der Waals surface area contributed by atoms with Crippen LogP contribution in [0, 0.1) is 5.92 Å². The second-order valence-electron chi connectivity index (χ2n) is 3.66. The van der Waals surface area contributed by atoms with Crippen LogP contribution in [0.25, 0.3) is 0 Å². The third-order valence-corrected chi connectivity index (χ3v) is 2.74. The van der Waals surface area contributed by atoms with Gasteiger partial charge in [0.05, 0.1) is 0 Å². The highest BCUT2D eigenvalue weighted by atomic mass is 19.1. The standard InChI is InChI=1S/C9H13FO3/c1-6(11)7-2-4-9(10,5-3-7)8(12)13/h7H,2-5H2,1H3,(H,12,13)/t7-,9-. The SMILES string of the molecule is CC(=O)[C@H]1CC[C@@](F)(C(=O)O)CC1. The maximum atomic E-state index is 13.4. The Morgan fingerprint density at radius 2 is 1.85 bits per heavy atom. The highest BCUT2D eigenvalue weighted by molar-refractivity contribution is 5.80. The molecule has 0 amide bonds. The highest BCUT2D eigenvalue weighted by Gasteiger charge is 2.42. The number of carboxylic acids is 1. The molecule has 1 aliphatic rings. The lowest BCUT2D eigenvalue weighted by atomic mass is 9.78. The van der Waals surface area contributed by atoms with E-state index in [0.717, 1.165) is 0 Å². The highest BCUT2D eigenvalue weighted by Crippen LogP contribution is 2.35. The molecule has 0 aromatic rings. The Morgan fingerprint density at radius 1 is 1.38 bits per heavy atom. The molecule has 4 heteroatoms. The van der Waals surface area contributed by atoms with E-state index in [2.05, 4.69) is 0 Å². The van der Waals surface area contributed by atoms with E-state index in [0.29, 0.717) is 12.8 Å². The first-order valence-electron chi connectivity index (χ1n) is 4.38. The number of hydrogen-bond donors (Lipinski definition) is 1.